The van der Waals surface area contributed by atoms with Crippen LogP contribution in [0.15, 0.2) is 72.2 Å². The molecule has 124 valence electrons. The van der Waals surface area contributed by atoms with E-state index in [0.29, 0.717) is 17.1 Å². The lowest BCUT2D eigenvalue weighted by Gasteiger charge is -2.08. The Balaban J connectivity index is 1.90. The van der Waals surface area contributed by atoms with Crippen molar-refractivity contribution >= 4 is 17.6 Å². The number of nitrogens with two attached hydrogens (primary N) is 1. The number of aryl methyl sites for hydroxylation is 1. The zero-order valence-electron chi connectivity index (χ0n) is 13.9. The highest BCUT2D eigenvalue weighted by Gasteiger charge is 2.07. The first-order chi connectivity index (χ1) is 12.0. The lowest BCUT2D eigenvalue weighted by Crippen LogP contribution is -1.95. The molecule has 0 spiro atoms. The van der Waals surface area contributed by atoms with Gasteiger partial charge in [0.25, 0.3) is 0 Å². The predicted molar refractivity (Wildman–Crippen MR) is 102 cm³/mol. The van der Waals surface area contributed by atoms with Crippen LogP contribution in [0.4, 0.5) is 10.1 Å². The molecule has 0 atom stereocenters. The van der Waals surface area contributed by atoms with E-state index in [1.165, 1.54) is 12.1 Å². The molecule has 0 saturated heterocycles. The second-order valence-corrected chi connectivity index (χ2v) is 5.70. The lowest BCUT2D eigenvalue weighted by molar-refractivity contribution is 0.628. The summed E-state index contributed by atoms with van der Waals surface area (Å²) < 4.78 is 13.1. The Kier molecular flexibility index (Phi) is 4.70. The van der Waals surface area contributed by atoms with Crippen LogP contribution in [0.3, 0.4) is 0 Å². The van der Waals surface area contributed by atoms with Gasteiger partial charge in [0.1, 0.15) is 5.82 Å². The number of halogens is 1. The molecule has 4 heteroatoms. The Morgan fingerprint density at radius 3 is 2.52 bits per heavy atom. The third-order valence-corrected chi connectivity index (χ3v) is 3.87. The fourth-order valence-electron chi connectivity index (χ4n) is 2.43. The maximum Gasteiger partial charge on any atom is 0.123 e. The van der Waals surface area contributed by atoms with Crippen molar-refractivity contribution in [2.24, 2.45) is 4.99 Å². The number of benzene rings is 2. The first-order valence-corrected chi connectivity index (χ1v) is 7.86. The standard InChI is InChI=1S/C21H18FN3/c1-14-7-12-20(25-21(14)16-8-10-18(22)11-9-16)15(2)24-13-17-5-3-4-6-19(17)23/h3-13H,2,23H2,1H3/b24-13-. The van der Waals surface area contributed by atoms with Crippen LogP contribution in [-0.2, 0) is 0 Å². The molecule has 2 N–H and O–H groups in total. The van der Waals surface area contributed by atoms with E-state index in [1.54, 1.807) is 18.3 Å². The second-order valence-electron chi connectivity index (χ2n) is 5.70. The summed E-state index contributed by atoms with van der Waals surface area (Å²) in [6, 6.07) is 17.6. The molecule has 0 bridgehead atoms. The molecule has 0 aliphatic carbocycles. The smallest absolute Gasteiger partial charge is 0.123 e. The Labute approximate surface area is 146 Å². The van der Waals surface area contributed by atoms with E-state index >= 15 is 0 Å². The maximum atomic E-state index is 13.1. The minimum Gasteiger partial charge on any atom is -0.398 e. The zero-order valence-corrected chi connectivity index (χ0v) is 13.9. The Hall–Kier alpha value is -3.27. The van der Waals surface area contributed by atoms with E-state index in [9.17, 15) is 4.39 Å². The van der Waals surface area contributed by atoms with E-state index in [2.05, 4.69) is 16.6 Å². The van der Waals surface area contributed by atoms with Gasteiger partial charge in [-0.25, -0.2) is 9.37 Å². The van der Waals surface area contributed by atoms with Gasteiger partial charge in [-0.3, -0.25) is 4.99 Å². The van der Waals surface area contributed by atoms with Crippen LogP contribution in [0.2, 0.25) is 0 Å². The normalized spacial score (nSPS) is 11.0. The monoisotopic (exact) mass is 331 g/mol. The van der Waals surface area contributed by atoms with Crippen molar-refractivity contribution in [3.63, 3.8) is 0 Å². The Morgan fingerprint density at radius 1 is 1.08 bits per heavy atom. The summed E-state index contributed by atoms with van der Waals surface area (Å²) in [5.74, 6) is -0.271. The Morgan fingerprint density at radius 2 is 1.80 bits per heavy atom. The minimum absolute atomic E-state index is 0.271. The van der Waals surface area contributed by atoms with Gasteiger partial charge in [0.05, 0.1) is 17.1 Å². The molecule has 0 aliphatic heterocycles. The van der Waals surface area contributed by atoms with Crippen molar-refractivity contribution in [3.05, 3.63) is 89.9 Å². The zero-order chi connectivity index (χ0) is 17.8. The van der Waals surface area contributed by atoms with Gasteiger partial charge in [-0.05, 0) is 48.9 Å². The average Bonchev–Trinajstić information content (AvgIpc) is 2.62. The fourth-order valence-corrected chi connectivity index (χ4v) is 2.43. The van der Waals surface area contributed by atoms with Gasteiger partial charge in [0.15, 0.2) is 0 Å². The molecule has 0 unspecified atom stereocenters. The number of hydrogen-bond donors (Lipinski definition) is 1. The Bertz CT molecular complexity index is 944. The molecule has 3 rings (SSSR count). The number of nitrogen functional groups attached to an aromatic ring is 1. The molecule has 1 aromatic heterocycles. The summed E-state index contributed by atoms with van der Waals surface area (Å²) in [7, 11) is 0. The fraction of sp³-hybridized carbons (Fsp3) is 0.0476. The van der Waals surface area contributed by atoms with Gasteiger partial charge in [-0.2, -0.15) is 0 Å². The van der Waals surface area contributed by atoms with Crippen molar-refractivity contribution in [3.8, 4) is 11.3 Å². The van der Waals surface area contributed by atoms with Crippen LogP contribution in [0.5, 0.6) is 0 Å². The molecule has 0 fully saturated rings. The van der Waals surface area contributed by atoms with Crippen LogP contribution in [0.1, 0.15) is 16.8 Å². The highest BCUT2D eigenvalue weighted by atomic mass is 19.1. The summed E-state index contributed by atoms with van der Waals surface area (Å²) in [5, 5.41) is 0. The highest BCUT2D eigenvalue weighted by molar-refractivity contribution is 5.90. The van der Waals surface area contributed by atoms with Gasteiger partial charge in [0.2, 0.25) is 0 Å². The number of nitrogens with zero attached hydrogens (tertiary/aromatic N) is 2. The van der Waals surface area contributed by atoms with E-state index in [0.717, 1.165) is 22.4 Å². The van der Waals surface area contributed by atoms with Crippen molar-refractivity contribution in [1.82, 2.24) is 4.98 Å². The number of pyridine rings is 1. The topological polar surface area (TPSA) is 51.3 Å². The van der Waals surface area contributed by atoms with Crippen molar-refractivity contribution in [1.29, 1.82) is 0 Å². The molecule has 25 heavy (non-hydrogen) atoms. The number of aliphatic imine (C=N–C) groups is 1. The summed E-state index contributed by atoms with van der Waals surface area (Å²) in [4.78, 5) is 9.02. The van der Waals surface area contributed by atoms with Crippen molar-refractivity contribution in [2.75, 3.05) is 5.73 Å². The lowest BCUT2D eigenvalue weighted by atomic mass is 10.1. The quantitative estimate of drug-likeness (QED) is 0.548. The van der Waals surface area contributed by atoms with Gasteiger partial charge in [-0.15, -0.1) is 0 Å². The van der Waals surface area contributed by atoms with Gasteiger partial charge in [0, 0.05) is 23.0 Å². The third-order valence-electron chi connectivity index (χ3n) is 3.87. The molecular weight excluding hydrogens is 313 g/mol. The molecule has 2 aromatic carbocycles. The summed E-state index contributed by atoms with van der Waals surface area (Å²) in [6.45, 7) is 5.95. The minimum atomic E-state index is -0.271. The van der Waals surface area contributed by atoms with Crippen molar-refractivity contribution in [2.45, 2.75) is 6.92 Å². The summed E-state index contributed by atoms with van der Waals surface area (Å²) >= 11 is 0. The number of rotatable bonds is 4. The number of anilines is 1. The van der Waals surface area contributed by atoms with Gasteiger partial charge in [-0.1, -0.05) is 30.8 Å². The van der Waals surface area contributed by atoms with Gasteiger partial charge >= 0.3 is 0 Å². The number of hydrogen-bond acceptors (Lipinski definition) is 3. The molecule has 0 saturated carbocycles. The van der Waals surface area contributed by atoms with Crippen molar-refractivity contribution < 1.29 is 4.39 Å². The van der Waals surface area contributed by atoms with E-state index < -0.39 is 0 Å². The largest absolute Gasteiger partial charge is 0.398 e. The molecule has 3 aromatic rings. The molecule has 0 radical (unpaired) electrons. The summed E-state index contributed by atoms with van der Waals surface area (Å²) in [5.41, 5.74) is 11.2. The molecule has 0 aliphatic rings. The summed E-state index contributed by atoms with van der Waals surface area (Å²) in [6.07, 6.45) is 1.68. The van der Waals surface area contributed by atoms with E-state index in [-0.39, 0.29) is 5.82 Å². The van der Waals surface area contributed by atoms with E-state index in [1.807, 2.05) is 43.3 Å². The van der Waals surface area contributed by atoms with E-state index in [4.69, 9.17) is 5.73 Å². The van der Waals surface area contributed by atoms with Crippen LogP contribution in [-0.4, -0.2) is 11.2 Å². The molecule has 1 heterocycles. The van der Waals surface area contributed by atoms with Gasteiger partial charge < -0.3 is 5.73 Å². The third kappa shape index (κ3) is 3.80. The predicted octanol–water partition coefficient (Wildman–Crippen LogP) is 4.87. The number of para-hydroxylation sites is 1. The second kappa shape index (κ2) is 7.09. The van der Waals surface area contributed by atoms with Crippen LogP contribution < -0.4 is 5.73 Å². The SMILES string of the molecule is C=C(/N=C\c1ccccc1N)c1ccc(C)c(-c2ccc(F)cc2)n1. The first kappa shape index (κ1) is 16.6. The molecular formula is C21H18FN3. The van der Waals surface area contributed by atoms with Crippen LogP contribution in [0.25, 0.3) is 17.0 Å². The first-order valence-electron chi connectivity index (χ1n) is 7.86. The van der Waals surface area contributed by atoms with Crippen LogP contribution >= 0.6 is 0 Å². The average molecular weight is 331 g/mol. The molecule has 0 amide bonds. The maximum absolute atomic E-state index is 13.1. The number of aromatic nitrogens is 1. The van der Waals surface area contributed by atoms with Crippen LogP contribution in [0, 0.1) is 12.7 Å². The molecule has 3 nitrogen and oxygen atoms in total. The highest BCUT2D eigenvalue weighted by Crippen LogP contribution is 2.24.